The van der Waals surface area contributed by atoms with Crippen LogP contribution in [0, 0.1) is 13.8 Å². The van der Waals surface area contributed by atoms with Gasteiger partial charge in [-0.3, -0.25) is 19.9 Å². The average molecular weight is 506 g/mol. The highest BCUT2D eigenvalue weighted by atomic mass is 35.5. The Bertz CT molecular complexity index is 1310. The standard InChI is InChI=1S/C24H19ClF3N3O4/c1-12-6-16(7-13(2)29-12)14-4-3-5-15(8-14)21(32)11-22(33)30-19-9-17(24(26,27)28)18(25)10-20(19)31-23(34)35/h3-10,31H,11H2,1-2H3,(H,30,33)(H,34,35). The molecule has 2 aromatic carbocycles. The molecule has 0 saturated heterocycles. The molecule has 0 aliphatic rings. The summed E-state index contributed by atoms with van der Waals surface area (Å²) in [5.41, 5.74) is 1.24. The largest absolute Gasteiger partial charge is 0.465 e. The van der Waals surface area contributed by atoms with E-state index in [-0.39, 0.29) is 11.3 Å². The van der Waals surface area contributed by atoms with Gasteiger partial charge in [-0.25, -0.2) is 4.79 Å². The lowest BCUT2D eigenvalue weighted by Gasteiger charge is -2.16. The number of halogens is 4. The van der Waals surface area contributed by atoms with E-state index in [4.69, 9.17) is 16.7 Å². The predicted octanol–water partition coefficient (Wildman–Crippen LogP) is 6.34. The topological polar surface area (TPSA) is 108 Å². The summed E-state index contributed by atoms with van der Waals surface area (Å²) in [6.07, 6.45) is -7.11. The van der Waals surface area contributed by atoms with Crippen LogP contribution in [0.25, 0.3) is 11.1 Å². The molecule has 3 rings (SSSR count). The summed E-state index contributed by atoms with van der Waals surface area (Å²) in [4.78, 5) is 40.5. The summed E-state index contributed by atoms with van der Waals surface area (Å²) in [7, 11) is 0. The van der Waals surface area contributed by atoms with Crippen molar-refractivity contribution in [2.75, 3.05) is 10.6 Å². The fraction of sp³-hybridized carbons (Fsp3) is 0.167. The van der Waals surface area contributed by atoms with Crippen molar-refractivity contribution in [1.29, 1.82) is 0 Å². The molecule has 182 valence electrons. The molecule has 0 saturated carbocycles. The van der Waals surface area contributed by atoms with Gasteiger partial charge >= 0.3 is 12.3 Å². The fourth-order valence-corrected chi connectivity index (χ4v) is 3.70. The van der Waals surface area contributed by atoms with Gasteiger partial charge in [0, 0.05) is 17.0 Å². The van der Waals surface area contributed by atoms with Crippen molar-refractivity contribution in [3.63, 3.8) is 0 Å². The highest BCUT2D eigenvalue weighted by Crippen LogP contribution is 2.39. The number of hydrogen-bond donors (Lipinski definition) is 3. The molecule has 35 heavy (non-hydrogen) atoms. The van der Waals surface area contributed by atoms with Gasteiger partial charge in [0.25, 0.3) is 0 Å². The number of hydrogen-bond acceptors (Lipinski definition) is 4. The maximum Gasteiger partial charge on any atom is 0.417 e. The molecule has 1 aromatic heterocycles. The number of alkyl halides is 3. The maximum atomic E-state index is 13.2. The fourth-order valence-electron chi connectivity index (χ4n) is 3.43. The second-order valence-corrected chi connectivity index (χ2v) is 8.08. The van der Waals surface area contributed by atoms with Gasteiger partial charge in [-0.05, 0) is 55.3 Å². The minimum Gasteiger partial charge on any atom is -0.465 e. The Balaban J connectivity index is 1.83. The first-order chi connectivity index (χ1) is 16.3. The van der Waals surface area contributed by atoms with E-state index in [0.717, 1.165) is 28.6 Å². The summed E-state index contributed by atoms with van der Waals surface area (Å²) in [6, 6.07) is 11.5. The Kier molecular flexibility index (Phi) is 7.45. The van der Waals surface area contributed by atoms with Crippen LogP contribution in [0.4, 0.5) is 29.3 Å². The normalized spacial score (nSPS) is 11.1. The van der Waals surface area contributed by atoms with Gasteiger partial charge in [0.2, 0.25) is 5.91 Å². The lowest BCUT2D eigenvalue weighted by molar-refractivity contribution is -0.137. The van der Waals surface area contributed by atoms with E-state index in [1.165, 1.54) is 6.07 Å². The van der Waals surface area contributed by atoms with Crippen molar-refractivity contribution >= 4 is 40.8 Å². The lowest BCUT2D eigenvalue weighted by Crippen LogP contribution is -2.19. The summed E-state index contributed by atoms with van der Waals surface area (Å²) < 4.78 is 39.7. The second kappa shape index (κ2) is 10.1. The Labute approximate surface area is 202 Å². The third kappa shape index (κ3) is 6.57. The highest BCUT2D eigenvalue weighted by molar-refractivity contribution is 6.32. The molecule has 3 N–H and O–H groups in total. The van der Waals surface area contributed by atoms with Gasteiger partial charge in [0.05, 0.1) is 28.4 Å². The van der Waals surface area contributed by atoms with Crippen molar-refractivity contribution in [2.24, 2.45) is 0 Å². The first-order valence-corrected chi connectivity index (χ1v) is 10.5. The van der Waals surface area contributed by atoms with E-state index in [1.54, 1.807) is 18.2 Å². The van der Waals surface area contributed by atoms with E-state index < -0.39 is 46.7 Å². The van der Waals surface area contributed by atoms with Crippen molar-refractivity contribution < 1.29 is 32.7 Å². The number of pyridine rings is 1. The van der Waals surface area contributed by atoms with Crippen LogP contribution < -0.4 is 10.6 Å². The van der Waals surface area contributed by atoms with E-state index >= 15 is 0 Å². The first kappa shape index (κ1) is 25.7. The van der Waals surface area contributed by atoms with Gasteiger partial charge in [-0.2, -0.15) is 13.2 Å². The number of anilines is 2. The number of carboxylic acid groups (broad SMARTS) is 1. The molecule has 0 radical (unpaired) electrons. The summed E-state index contributed by atoms with van der Waals surface area (Å²) >= 11 is 5.63. The average Bonchev–Trinajstić information content (AvgIpc) is 2.73. The van der Waals surface area contributed by atoms with Crippen LogP contribution in [0.2, 0.25) is 5.02 Å². The smallest absolute Gasteiger partial charge is 0.417 e. The third-order valence-corrected chi connectivity index (χ3v) is 5.16. The minimum atomic E-state index is -4.85. The van der Waals surface area contributed by atoms with E-state index in [1.807, 2.05) is 31.3 Å². The number of carbonyl (C=O) groups is 3. The van der Waals surface area contributed by atoms with Gasteiger partial charge in [0.1, 0.15) is 0 Å². The molecule has 0 unspecified atom stereocenters. The van der Waals surface area contributed by atoms with Crippen LogP contribution >= 0.6 is 11.6 Å². The van der Waals surface area contributed by atoms with Crippen LogP contribution in [-0.4, -0.2) is 27.9 Å². The Morgan fingerprint density at radius 1 is 0.943 bits per heavy atom. The number of nitrogens with zero attached hydrogens (tertiary/aromatic N) is 1. The first-order valence-electron chi connectivity index (χ1n) is 10.1. The molecular weight excluding hydrogens is 487 g/mol. The van der Waals surface area contributed by atoms with E-state index in [2.05, 4.69) is 10.3 Å². The molecule has 0 aliphatic carbocycles. The second-order valence-electron chi connectivity index (χ2n) is 7.67. The number of nitrogens with one attached hydrogen (secondary N) is 2. The zero-order chi connectivity index (χ0) is 25.9. The zero-order valence-corrected chi connectivity index (χ0v) is 19.2. The number of aromatic nitrogens is 1. The minimum absolute atomic E-state index is 0.223. The zero-order valence-electron chi connectivity index (χ0n) is 18.5. The molecule has 0 atom stereocenters. The number of ketones is 1. The van der Waals surface area contributed by atoms with Crippen molar-refractivity contribution in [2.45, 2.75) is 26.4 Å². The number of benzene rings is 2. The predicted molar refractivity (Wildman–Crippen MR) is 125 cm³/mol. The molecule has 0 fully saturated rings. The highest BCUT2D eigenvalue weighted by Gasteiger charge is 2.34. The maximum absolute atomic E-state index is 13.2. The van der Waals surface area contributed by atoms with Crippen molar-refractivity contribution in [1.82, 2.24) is 4.98 Å². The SMILES string of the molecule is Cc1cc(-c2cccc(C(=O)CC(=O)Nc3cc(C(F)(F)F)c(Cl)cc3NC(=O)O)c2)cc(C)n1. The van der Waals surface area contributed by atoms with Crippen molar-refractivity contribution in [3.05, 3.63) is 76.1 Å². The van der Waals surface area contributed by atoms with Crippen LogP contribution in [0.5, 0.6) is 0 Å². The number of carbonyl (C=O) groups excluding carboxylic acids is 2. The van der Waals surface area contributed by atoms with Crippen LogP contribution in [-0.2, 0) is 11.0 Å². The Morgan fingerprint density at radius 2 is 1.57 bits per heavy atom. The monoisotopic (exact) mass is 505 g/mol. The van der Waals surface area contributed by atoms with Gasteiger partial charge in [-0.15, -0.1) is 0 Å². The number of aryl methyl sites for hydroxylation is 2. The number of Topliss-reactive ketones (excluding diaryl/α,β-unsaturated/α-hetero) is 1. The van der Waals surface area contributed by atoms with Crippen LogP contribution in [0.3, 0.4) is 0 Å². The molecule has 0 bridgehead atoms. The molecule has 0 spiro atoms. The molecule has 1 heterocycles. The number of rotatable bonds is 6. The Hall–Kier alpha value is -3.92. The van der Waals surface area contributed by atoms with Gasteiger partial charge < -0.3 is 10.4 Å². The summed E-state index contributed by atoms with van der Waals surface area (Å²) in [5.74, 6) is -1.51. The van der Waals surface area contributed by atoms with E-state index in [9.17, 15) is 27.6 Å². The lowest BCUT2D eigenvalue weighted by atomic mass is 9.99. The van der Waals surface area contributed by atoms with Crippen LogP contribution in [0.1, 0.15) is 33.7 Å². The molecule has 7 nitrogen and oxygen atoms in total. The molecule has 3 aromatic rings. The van der Waals surface area contributed by atoms with E-state index in [0.29, 0.717) is 6.07 Å². The molecule has 11 heteroatoms. The third-order valence-electron chi connectivity index (χ3n) is 4.85. The van der Waals surface area contributed by atoms with Gasteiger partial charge in [-0.1, -0.05) is 29.8 Å². The molecule has 2 amide bonds. The van der Waals surface area contributed by atoms with Crippen molar-refractivity contribution in [3.8, 4) is 11.1 Å². The number of amides is 2. The summed E-state index contributed by atoms with van der Waals surface area (Å²) in [5, 5.41) is 12.2. The molecule has 0 aliphatic heterocycles. The molecular formula is C24H19ClF3N3O4. The van der Waals surface area contributed by atoms with Gasteiger partial charge in [0.15, 0.2) is 5.78 Å². The quantitative estimate of drug-likeness (QED) is 0.267. The van der Waals surface area contributed by atoms with Crippen LogP contribution in [0.15, 0.2) is 48.5 Å². The Morgan fingerprint density at radius 3 is 2.17 bits per heavy atom. The summed E-state index contributed by atoms with van der Waals surface area (Å²) in [6.45, 7) is 3.68.